The van der Waals surface area contributed by atoms with Gasteiger partial charge in [0.1, 0.15) is 23.7 Å². The first-order valence-electron chi connectivity index (χ1n) is 9.22. The van der Waals surface area contributed by atoms with Crippen LogP contribution in [0.2, 0.25) is 0 Å². The van der Waals surface area contributed by atoms with Crippen LogP contribution in [0, 0.1) is 11.6 Å². The Morgan fingerprint density at radius 3 is 2.74 bits per heavy atom. The van der Waals surface area contributed by atoms with Crippen molar-refractivity contribution in [2.45, 2.75) is 13.0 Å². The normalized spacial score (nSPS) is 11.7. The van der Waals surface area contributed by atoms with Crippen LogP contribution in [-0.2, 0) is 0 Å². The third-order valence-corrected chi connectivity index (χ3v) is 4.48. The topological polar surface area (TPSA) is 94.8 Å². The Labute approximate surface area is 175 Å². The average molecular weight is 422 g/mol. The molecule has 0 saturated carbocycles. The molecule has 0 aliphatic rings. The van der Waals surface area contributed by atoms with E-state index < -0.39 is 17.7 Å². The van der Waals surface area contributed by atoms with E-state index in [0.29, 0.717) is 11.3 Å². The van der Waals surface area contributed by atoms with Gasteiger partial charge in [-0.25, -0.2) is 18.3 Å². The number of halogens is 2. The molecule has 0 radical (unpaired) electrons. The second-order valence-electron chi connectivity index (χ2n) is 6.64. The lowest BCUT2D eigenvalue weighted by Gasteiger charge is -2.15. The van der Waals surface area contributed by atoms with Gasteiger partial charge in [0, 0.05) is 30.1 Å². The number of amides is 1. The highest BCUT2D eigenvalue weighted by molar-refractivity contribution is 5.74. The molecular weight excluding hydrogens is 406 g/mol. The van der Waals surface area contributed by atoms with E-state index in [1.54, 1.807) is 31.5 Å². The lowest BCUT2D eigenvalue weighted by Crippen LogP contribution is -2.29. The monoisotopic (exact) mass is 422 g/mol. The number of nitrogens with one attached hydrogen (secondary N) is 1. The van der Waals surface area contributed by atoms with E-state index in [9.17, 15) is 13.6 Å². The molecule has 0 spiro atoms. The predicted molar refractivity (Wildman–Crippen MR) is 106 cm³/mol. The van der Waals surface area contributed by atoms with E-state index in [0.717, 1.165) is 17.7 Å². The fourth-order valence-electron chi connectivity index (χ4n) is 2.96. The summed E-state index contributed by atoms with van der Waals surface area (Å²) in [6.45, 7) is 1.79. The summed E-state index contributed by atoms with van der Waals surface area (Å²) in [5.74, 6) is -1.32. The van der Waals surface area contributed by atoms with Crippen LogP contribution in [-0.4, -0.2) is 31.3 Å². The SMILES string of the molecule is CC(NC(=O)Oc1cc(-c2ccc(F)cc2F)cc(-n2cnnn2)c1)c1cccnc1. The van der Waals surface area contributed by atoms with Crippen LogP contribution in [0.4, 0.5) is 13.6 Å². The molecule has 0 saturated heterocycles. The maximum Gasteiger partial charge on any atom is 0.413 e. The van der Waals surface area contributed by atoms with Gasteiger partial charge in [-0.3, -0.25) is 4.98 Å². The fourth-order valence-corrected chi connectivity index (χ4v) is 2.96. The predicted octanol–water partition coefficient (Wildman–Crippen LogP) is 3.85. The van der Waals surface area contributed by atoms with Crippen LogP contribution in [0.25, 0.3) is 16.8 Å². The van der Waals surface area contributed by atoms with Gasteiger partial charge in [-0.2, -0.15) is 0 Å². The van der Waals surface area contributed by atoms with Crippen LogP contribution >= 0.6 is 0 Å². The Morgan fingerprint density at radius 2 is 2.03 bits per heavy atom. The second-order valence-corrected chi connectivity index (χ2v) is 6.64. The van der Waals surface area contributed by atoms with Crippen molar-refractivity contribution in [3.63, 3.8) is 0 Å². The Morgan fingerprint density at radius 1 is 1.16 bits per heavy atom. The molecule has 2 heterocycles. The van der Waals surface area contributed by atoms with Crippen molar-refractivity contribution in [3.8, 4) is 22.6 Å². The van der Waals surface area contributed by atoms with Crippen molar-refractivity contribution in [2.75, 3.05) is 0 Å². The zero-order chi connectivity index (χ0) is 21.8. The number of tetrazole rings is 1. The third-order valence-electron chi connectivity index (χ3n) is 4.48. The van der Waals surface area contributed by atoms with Gasteiger partial charge in [-0.1, -0.05) is 6.07 Å². The van der Waals surface area contributed by atoms with Crippen molar-refractivity contribution in [2.24, 2.45) is 0 Å². The molecule has 2 aromatic carbocycles. The number of carbonyl (C=O) groups excluding carboxylic acids is 1. The quantitative estimate of drug-likeness (QED) is 0.525. The lowest BCUT2D eigenvalue weighted by atomic mass is 10.0. The molecule has 1 unspecified atom stereocenters. The number of ether oxygens (including phenoxy) is 1. The summed E-state index contributed by atoms with van der Waals surface area (Å²) in [6.07, 6.45) is 3.90. The van der Waals surface area contributed by atoms with E-state index in [4.69, 9.17) is 4.74 Å². The standard InChI is InChI=1S/C21H16F2N6O2/c1-13(14-3-2-6-24-11-14)26-21(30)31-18-8-15(19-5-4-16(22)9-20(19)23)7-17(10-18)29-12-25-27-28-29/h2-13H,1H3,(H,26,30). The highest BCUT2D eigenvalue weighted by atomic mass is 19.1. The first-order valence-corrected chi connectivity index (χ1v) is 9.22. The molecule has 1 N–H and O–H groups in total. The first kappa shape index (κ1) is 20.1. The van der Waals surface area contributed by atoms with E-state index in [1.165, 1.54) is 29.2 Å². The molecule has 0 aliphatic carbocycles. The Hall–Kier alpha value is -4.21. The number of rotatable bonds is 5. The highest BCUT2D eigenvalue weighted by Crippen LogP contribution is 2.30. The lowest BCUT2D eigenvalue weighted by molar-refractivity contribution is 0.197. The molecular formula is C21H16F2N6O2. The van der Waals surface area contributed by atoms with Crippen molar-refractivity contribution >= 4 is 6.09 Å². The van der Waals surface area contributed by atoms with E-state index in [-0.39, 0.29) is 17.4 Å². The zero-order valence-electron chi connectivity index (χ0n) is 16.2. The number of carbonyl (C=O) groups is 1. The molecule has 156 valence electrons. The maximum absolute atomic E-state index is 14.4. The summed E-state index contributed by atoms with van der Waals surface area (Å²) in [5, 5.41) is 13.7. The van der Waals surface area contributed by atoms with Gasteiger partial charge in [0.15, 0.2) is 0 Å². The van der Waals surface area contributed by atoms with Crippen molar-refractivity contribution in [1.29, 1.82) is 0 Å². The van der Waals surface area contributed by atoms with Crippen LogP contribution in [0.3, 0.4) is 0 Å². The summed E-state index contributed by atoms with van der Waals surface area (Å²) in [4.78, 5) is 16.4. The van der Waals surface area contributed by atoms with Crippen LogP contribution in [0.1, 0.15) is 18.5 Å². The summed E-state index contributed by atoms with van der Waals surface area (Å²) >= 11 is 0. The van der Waals surface area contributed by atoms with E-state index >= 15 is 0 Å². The molecule has 4 aromatic rings. The number of hydrogen-bond donors (Lipinski definition) is 1. The highest BCUT2D eigenvalue weighted by Gasteiger charge is 2.15. The smallest absolute Gasteiger partial charge is 0.410 e. The second kappa shape index (κ2) is 8.66. The average Bonchev–Trinajstić information content (AvgIpc) is 3.29. The van der Waals surface area contributed by atoms with Gasteiger partial charge in [0.2, 0.25) is 0 Å². The third kappa shape index (κ3) is 4.69. The van der Waals surface area contributed by atoms with Gasteiger partial charge in [0.05, 0.1) is 11.7 Å². The van der Waals surface area contributed by atoms with Crippen molar-refractivity contribution in [1.82, 2.24) is 30.5 Å². The van der Waals surface area contributed by atoms with Crippen LogP contribution < -0.4 is 10.1 Å². The van der Waals surface area contributed by atoms with Crippen LogP contribution in [0.15, 0.2) is 67.3 Å². The van der Waals surface area contributed by atoms with Gasteiger partial charge in [0.25, 0.3) is 0 Å². The molecule has 8 nitrogen and oxygen atoms in total. The number of aromatic nitrogens is 5. The van der Waals surface area contributed by atoms with Gasteiger partial charge >= 0.3 is 6.09 Å². The largest absolute Gasteiger partial charge is 0.413 e. The summed E-state index contributed by atoms with van der Waals surface area (Å²) in [7, 11) is 0. The van der Waals surface area contributed by atoms with Crippen LogP contribution in [0.5, 0.6) is 5.75 Å². The molecule has 0 bridgehead atoms. The van der Waals surface area contributed by atoms with Crippen molar-refractivity contribution in [3.05, 3.63) is 84.4 Å². The minimum Gasteiger partial charge on any atom is -0.410 e. The number of nitrogens with zero attached hydrogens (tertiary/aromatic N) is 5. The number of hydrogen-bond acceptors (Lipinski definition) is 6. The molecule has 1 amide bonds. The summed E-state index contributed by atoms with van der Waals surface area (Å²) in [6, 6.07) is 11.1. The summed E-state index contributed by atoms with van der Waals surface area (Å²) in [5.41, 5.74) is 1.71. The van der Waals surface area contributed by atoms with Gasteiger partial charge in [-0.15, -0.1) is 5.10 Å². The first-order chi connectivity index (χ1) is 15.0. The van der Waals surface area contributed by atoms with Gasteiger partial charge in [-0.05, 0) is 58.8 Å². The minimum absolute atomic E-state index is 0.127. The van der Waals surface area contributed by atoms with Crippen molar-refractivity contribution < 1.29 is 18.3 Å². The maximum atomic E-state index is 14.4. The molecule has 1 atom stereocenters. The fraction of sp³-hybridized carbons (Fsp3) is 0.0952. The number of benzene rings is 2. The van der Waals surface area contributed by atoms with Gasteiger partial charge < -0.3 is 10.1 Å². The molecule has 31 heavy (non-hydrogen) atoms. The molecule has 10 heteroatoms. The Kier molecular flexibility index (Phi) is 5.61. The molecule has 0 fully saturated rings. The Bertz CT molecular complexity index is 1200. The van der Waals surface area contributed by atoms with E-state index in [1.807, 2.05) is 6.07 Å². The Balaban J connectivity index is 1.63. The molecule has 0 aliphatic heterocycles. The number of pyridine rings is 1. The molecule has 2 aromatic heterocycles. The molecule has 4 rings (SSSR count). The zero-order valence-corrected chi connectivity index (χ0v) is 16.2. The van der Waals surface area contributed by atoms with E-state index in [2.05, 4.69) is 25.8 Å². The summed E-state index contributed by atoms with van der Waals surface area (Å²) < 4.78 is 34.4. The minimum atomic E-state index is -0.755.